The first-order chi connectivity index (χ1) is 12.6. The lowest BCUT2D eigenvalue weighted by Crippen LogP contribution is -2.44. The van der Waals surface area contributed by atoms with Crippen molar-refractivity contribution < 1.29 is 14.7 Å². The second-order valence-corrected chi connectivity index (χ2v) is 7.52. The third kappa shape index (κ3) is 4.77. The predicted octanol–water partition coefficient (Wildman–Crippen LogP) is 2.97. The summed E-state index contributed by atoms with van der Waals surface area (Å²) in [6.07, 6.45) is 7.21. The Hall–Kier alpha value is -2.04. The van der Waals surface area contributed by atoms with Gasteiger partial charge in [-0.2, -0.15) is 0 Å². The van der Waals surface area contributed by atoms with Crippen LogP contribution in [0.5, 0.6) is 5.75 Å². The van der Waals surface area contributed by atoms with Crippen LogP contribution in [0, 0.1) is 5.92 Å². The van der Waals surface area contributed by atoms with Gasteiger partial charge in [0.1, 0.15) is 5.75 Å². The van der Waals surface area contributed by atoms with Gasteiger partial charge in [0.2, 0.25) is 11.8 Å². The summed E-state index contributed by atoms with van der Waals surface area (Å²) in [7, 11) is 0. The van der Waals surface area contributed by atoms with Crippen molar-refractivity contribution in [3.63, 3.8) is 0 Å². The van der Waals surface area contributed by atoms with Crippen LogP contribution in [-0.4, -0.2) is 52.9 Å². The maximum Gasteiger partial charge on any atom is 0.225 e. The summed E-state index contributed by atoms with van der Waals surface area (Å²) in [5.74, 6) is 0.750. The average Bonchev–Trinajstić information content (AvgIpc) is 2.96. The SMILES string of the molecule is O=C(CCc1ccccc1O)N1CCC(C(=O)N2CCCCCC2)CC1. The summed E-state index contributed by atoms with van der Waals surface area (Å²) in [5, 5.41) is 9.81. The first-order valence-corrected chi connectivity index (χ1v) is 9.98. The third-order valence-corrected chi connectivity index (χ3v) is 5.71. The van der Waals surface area contributed by atoms with Crippen LogP contribution < -0.4 is 0 Å². The first kappa shape index (κ1) is 18.7. The predicted molar refractivity (Wildman–Crippen MR) is 101 cm³/mol. The van der Waals surface area contributed by atoms with E-state index in [2.05, 4.69) is 0 Å². The van der Waals surface area contributed by atoms with Crippen molar-refractivity contribution >= 4 is 11.8 Å². The van der Waals surface area contributed by atoms with Gasteiger partial charge in [0.15, 0.2) is 0 Å². The van der Waals surface area contributed by atoms with Gasteiger partial charge in [-0.1, -0.05) is 31.0 Å². The Kier molecular flexibility index (Phi) is 6.53. The molecule has 2 aliphatic heterocycles. The van der Waals surface area contributed by atoms with E-state index >= 15 is 0 Å². The van der Waals surface area contributed by atoms with Crippen LogP contribution in [0.25, 0.3) is 0 Å². The highest BCUT2D eigenvalue weighted by atomic mass is 16.3. The number of phenolic OH excluding ortho intramolecular Hbond substituents is 1. The molecule has 1 N–H and O–H groups in total. The first-order valence-electron chi connectivity index (χ1n) is 9.98. The van der Waals surface area contributed by atoms with E-state index in [1.807, 2.05) is 21.9 Å². The molecule has 5 heteroatoms. The molecule has 0 aliphatic carbocycles. The summed E-state index contributed by atoms with van der Waals surface area (Å²) in [6, 6.07) is 7.17. The van der Waals surface area contributed by atoms with Crippen molar-refractivity contribution in [3.8, 4) is 5.75 Å². The molecule has 5 nitrogen and oxygen atoms in total. The number of nitrogens with zero attached hydrogens (tertiary/aromatic N) is 2. The molecular formula is C21H30N2O3. The Balaban J connectivity index is 1.44. The fourth-order valence-electron chi connectivity index (χ4n) is 4.05. The van der Waals surface area contributed by atoms with Gasteiger partial charge in [-0.15, -0.1) is 0 Å². The summed E-state index contributed by atoms with van der Waals surface area (Å²) in [5.41, 5.74) is 0.812. The van der Waals surface area contributed by atoms with E-state index in [0.29, 0.717) is 31.8 Å². The number of carbonyl (C=O) groups is 2. The minimum absolute atomic E-state index is 0.0790. The van der Waals surface area contributed by atoms with Gasteiger partial charge >= 0.3 is 0 Å². The summed E-state index contributed by atoms with van der Waals surface area (Å²) in [4.78, 5) is 29.1. The van der Waals surface area contributed by atoms with Gasteiger partial charge in [-0.3, -0.25) is 9.59 Å². The number of hydrogen-bond acceptors (Lipinski definition) is 3. The normalized spacial score (nSPS) is 19.2. The van der Waals surface area contributed by atoms with Crippen LogP contribution in [-0.2, 0) is 16.0 Å². The molecule has 142 valence electrons. The molecule has 0 unspecified atom stereocenters. The Morgan fingerprint density at radius 1 is 0.923 bits per heavy atom. The number of rotatable bonds is 4. The summed E-state index contributed by atoms with van der Waals surface area (Å²) < 4.78 is 0. The second kappa shape index (κ2) is 9.06. The fraction of sp³-hybridized carbons (Fsp3) is 0.619. The molecule has 2 heterocycles. The van der Waals surface area contributed by atoms with Crippen LogP contribution in [0.15, 0.2) is 24.3 Å². The fourth-order valence-corrected chi connectivity index (χ4v) is 4.05. The number of aryl methyl sites for hydroxylation is 1. The number of piperidine rings is 1. The highest BCUT2D eigenvalue weighted by Crippen LogP contribution is 2.23. The van der Waals surface area contributed by atoms with Gasteiger partial charge in [0, 0.05) is 38.5 Å². The molecule has 2 fully saturated rings. The lowest BCUT2D eigenvalue weighted by Gasteiger charge is -2.34. The van der Waals surface area contributed by atoms with Crippen LogP contribution in [0.1, 0.15) is 50.5 Å². The van der Waals surface area contributed by atoms with Crippen molar-refractivity contribution in [1.29, 1.82) is 0 Å². The smallest absolute Gasteiger partial charge is 0.225 e. The molecule has 2 amide bonds. The average molecular weight is 358 g/mol. The van der Waals surface area contributed by atoms with E-state index in [0.717, 1.165) is 44.3 Å². The van der Waals surface area contributed by atoms with Crippen molar-refractivity contribution in [3.05, 3.63) is 29.8 Å². The molecule has 1 aromatic rings. The van der Waals surface area contributed by atoms with Gasteiger partial charge in [-0.25, -0.2) is 0 Å². The van der Waals surface area contributed by atoms with Crippen LogP contribution in [0.3, 0.4) is 0 Å². The highest BCUT2D eigenvalue weighted by molar-refractivity contribution is 5.80. The molecule has 0 aromatic heterocycles. The van der Waals surface area contributed by atoms with Gasteiger partial charge in [0.05, 0.1) is 0 Å². The van der Waals surface area contributed by atoms with E-state index in [1.165, 1.54) is 12.8 Å². The molecule has 0 atom stereocenters. The topological polar surface area (TPSA) is 60.9 Å². The van der Waals surface area contributed by atoms with E-state index in [1.54, 1.807) is 12.1 Å². The lowest BCUT2D eigenvalue weighted by atomic mass is 9.94. The van der Waals surface area contributed by atoms with E-state index in [4.69, 9.17) is 0 Å². The van der Waals surface area contributed by atoms with Crippen molar-refractivity contribution in [1.82, 2.24) is 9.80 Å². The monoisotopic (exact) mass is 358 g/mol. The Bertz CT molecular complexity index is 615. The van der Waals surface area contributed by atoms with E-state index in [9.17, 15) is 14.7 Å². The number of likely N-dealkylation sites (tertiary alicyclic amines) is 2. The third-order valence-electron chi connectivity index (χ3n) is 5.71. The molecule has 0 radical (unpaired) electrons. The molecule has 0 spiro atoms. The number of phenols is 1. The summed E-state index contributed by atoms with van der Waals surface area (Å²) in [6.45, 7) is 3.14. The maximum atomic E-state index is 12.7. The highest BCUT2D eigenvalue weighted by Gasteiger charge is 2.30. The lowest BCUT2D eigenvalue weighted by molar-refractivity contribution is -0.140. The van der Waals surface area contributed by atoms with Gasteiger partial charge < -0.3 is 14.9 Å². The van der Waals surface area contributed by atoms with E-state index < -0.39 is 0 Å². The maximum absolute atomic E-state index is 12.7. The van der Waals surface area contributed by atoms with Crippen LogP contribution >= 0.6 is 0 Å². The van der Waals surface area contributed by atoms with Crippen molar-refractivity contribution in [2.45, 2.75) is 51.4 Å². The van der Waals surface area contributed by atoms with Crippen molar-refractivity contribution in [2.24, 2.45) is 5.92 Å². The molecule has 2 aliphatic rings. The number of hydrogen-bond donors (Lipinski definition) is 1. The Morgan fingerprint density at radius 3 is 2.23 bits per heavy atom. The second-order valence-electron chi connectivity index (χ2n) is 7.52. The van der Waals surface area contributed by atoms with Gasteiger partial charge in [0.25, 0.3) is 0 Å². The number of carbonyl (C=O) groups excluding carboxylic acids is 2. The zero-order chi connectivity index (χ0) is 18.4. The molecule has 2 saturated heterocycles. The van der Waals surface area contributed by atoms with Crippen LogP contribution in [0.2, 0.25) is 0 Å². The Labute approximate surface area is 156 Å². The minimum Gasteiger partial charge on any atom is -0.508 e. The van der Waals surface area contributed by atoms with Crippen LogP contribution in [0.4, 0.5) is 0 Å². The Morgan fingerprint density at radius 2 is 1.58 bits per heavy atom. The number of benzene rings is 1. The zero-order valence-corrected chi connectivity index (χ0v) is 15.5. The minimum atomic E-state index is 0.0790. The standard InChI is InChI=1S/C21H30N2O3/c24-19-8-4-3-7-17(19)9-10-20(25)22-15-11-18(12-16-22)21(26)23-13-5-1-2-6-14-23/h3-4,7-8,18,24H,1-2,5-6,9-16H2. The molecule has 26 heavy (non-hydrogen) atoms. The number of amides is 2. The molecule has 0 saturated carbocycles. The largest absolute Gasteiger partial charge is 0.508 e. The molecule has 3 rings (SSSR count). The quantitative estimate of drug-likeness (QED) is 0.900. The molecule has 1 aromatic carbocycles. The van der Waals surface area contributed by atoms with Gasteiger partial charge in [-0.05, 0) is 43.7 Å². The molecule has 0 bridgehead atoms. The molecular weight excluding hydrogens is 328 g/mol. The summed E-state index contributed by atoms with van der Waals surface area (Å²) >= 11 is 0. The zero-order valence-electron chi connectivity index (χ0n) is 15.5. The number of para-hydroxylation sites is 1. The number of aromatic hydroxyl groups is 1. The van der Waals surface area contributed by atoms with E-state index in [-0.39, 0.29) is 17.6 Å². The van der Waals surface area contributed by atoms with Crippen molar-refractivity contribution in [2.75, 3.05) is 26.2 Å².